The summed E-state index contributed by atoms with van der Waals surface area (Å²) in [5, 5.41) is 0.681. The van der Waals surface area contributed by atoms with Gasteiger partial charge in [-0.15, -0.1) is 0 Å². The third-order valence-corrected chi connectivity index (χ3v) is 3.59. The van der Waals surface area contributed by atoms with Crippen LogP contribution in [-0.4, -0.2) is 0 Å². The summed E-state index contributed by atoms with van der Waals surface area (Å²) in [7, 11) is 0. The highest BCUT2D eigenvalue weighted by molar-refractivity contribution is 6.31. The van der Waals surface area contributed by atoms with Gasteiger partial charge in [0.05, 0.1) is 0 Å². The maximum atomic E-state index is 13.7. The van der Waals surface area contributed by atoms with Gasteiger partial charge in [0.25, 0.3) is 0 Å². The van der Waals surface area contributed by atoms with Crippen LogP contribution in [0.5, 0.6) is 0 Å². The van der Waals surface area contributed by atoms with Gasteiger partial charge in [0.15, 0.2) is 0 Å². The molecule has 19 heavy (non-hydrogen) atoms. The van der Waals surface area contributed by atoms with Crippen molar-refractivity contribution in [1.82, 2.24) is 0 Å². The average Bonchev–Trinajstić information content (AvgIpc) is 2.33. The highest BCUT2D eigenvalue weighted by Crippen LogP contribution is 2.27. The Balaban J connectivity index is 2.25. The van der Waals surface area contributed by atoms with E-state index in [1.54, 1.807) is 0 Å². The molecule has 0 radical (unpaired) electrons. The Kier molecular flexibility index (Phi) is 4.20. The topological polar surface area (TPSA) is 0 Å². The molecular weight excluding hydrogens is 266 g/mol. The van der Waals surface area contributed by atoms with Crippen LogP contribution in [0.4, 0.5) is 8.78 Å². The zero-order chi connectivity index (χ0) is 14.0. The fraction of sp³-hybridized carbons (Fsp3) is 0.250. The standard InChI is InChI=1S/C16H15ClF2/c1-10-3-6-15(17)12(7-10)8-11(2)14-5-4-13(18)9-16(14)19/h3-7,9,11H,8H2,1-2H3. The lowest BCUT2D eigenvalue weighted by Gasteiger charge is -2.14. The Labute approximate surface area is 117 Å². The van der Waals surface area contributed by atoms with Crippen molar-refractivity contribution in [2.24, 2.45) is 0 Å². The third kappa shape index (κ3) is 3.32. The Morgan fingerprint density at radius 2 is 1.84 bits per heavy atom. The van der Waals surface area contributed by atoms with Gasteiger partial charge in [-0.1, -0.05) is 42.3 Å². The Morgan fingerprint density at radius 3 is 2.53 bits per heavy atom. The zero-order valence-electron chi connectivity index (χ0n) is 10.9. The zero-order valence-corrected chi connectivity index (χ0v) is 11.6. The monoisotopic (exact) mass is 280 g/mol. The van der Waals surface area contributed by atoms with Crippen LogP contribution in [0.15, 0.2) is 36.4 Å². The van der Waals surface area contributed by atoms with Crippen LogP contribution in [0.3, 0.4) is 0 Å². The van der Waals surface area contributed by atoms with Gasteiger partial charge in [0.1, 0.15) is 11.6 Å². The van der Waals surface area contributed by atoms with Gasteiger partial charge in [0, 0.05) is 11.1 Å². The molecule has 0 nitrogen and oxygen atoms in total. The highest BCUT2D eigenvalue weighted by atomic mass is 35.5. The van der Waals surface area contributed by atoms with E-state index in [1.165, 1.54) is 12.1 Å². The largest absolute Gasteiger partial charge is 0.207 e. The van der Waals surface area contributed by atoms with E-state index in [2.05, 4.69) is 0 Å². The second-order valence-corrected chi connectivity index (χ2v) is 5.27. The molecule has 0 saturated carbocycles. The lowest BCUT2D eigenvalue weighted by atomic mass is 9.92. The van der Waals surface area contributed by atoms with Crippen LogP contribution in [-0.2, 0) is 6.42 Å². The molecule has 2 aromatic rings. The Bertz CT molecular complexity index is 593. The molecule has 0 bridgehead atoms. The van der Waals surface area contributed by atoms with Crippen molar-refractivity contribution in [3.8, 4) is 0 Å². The quantitative estimate of drug-likeness (QED) is 0.718. The minimum Gasteiger partial charge on any atom is -0.207 e. The number of hydrogen-bond acceptors (Lipinski definition) is 0. The molecule has 0 aliphatic carbocycles. The number of halogens is 3. The summed E-state index contributed by atoms with van der Waals surface area (Å²) in [5.74, 6) is -1.11. The van der Waals surface area contributed by atoms with E-state index in [4.69, 9.17) is 11.6 Å². The molecule has 3 heteroatoms. The summed E-state index contributed by atoms with van der Waals surface area (Å²) in [6.45, 7) is 3.90. The van der Waals surface area contributed by atoms with Crippen LogP contribution >= 0.6 is 11.6 Å². The van der Waals surface area contributed by atoms with Crippen molar-refractivity contribution >= 4 is 11.6 Å². The first-order valence-corrected chi connectivity index (χ1v) is 6.55. The van der Waals surface area contributed by atoms with Crippen molar-refractivity contribution in [2.75, 3.05) is 0 Å². The summed E-state index contributed by atoms with van der Waals surface area (Å²) in [4.78, 5) is 0. The first kappa shape index (κ1) is 14.0. The Hall–Kier alpha value is -1.41. The first-order valence-electron chi connectivity index (χ1n) is 6.17. The number of hydrogen-bond donors (Lipinski definition) is 0. The molecule has 1 atom stereocenters. The summed E-state index contributed by atoms with van der Waals surface area (Å²) >= 11 is 6.14. The molecule has 0 heterocycles. The van der Waals surface area contributed by atoms with E-state index < -0.39 is 11.6 Å². The summed E-state index contributed by atoms with van der Waals surface area (Å²) in [6.07, 6.45) is 0.628. The van der Waals surface area contributed by atoms with Gasteiger partial charge < -0.3 is 0 Å². The van der Waals surface area contributed by atoms with E-state index in [0.29, 0.717) is 17.0 Å². The first-order chi connectivity index (χ1) is 8.97. The number of aryl methyl sites for hydroxylation is 1. The van der Waals surface area contributed by atoms with Crippen LogP contribution in [0.25, 0.3) is 0 Å². The lowest BCUT2D eigenvalue weighted by molar-refractivity contribution is 0.558. The van der Waals surface area contributed by atoms with E-state index in [0.717, 1.165) is 17.2 Å². The van der Waals surface area contributed by atoms with Crippen LogP contribution in [0.1, 0.15) is 29.5 Å². The predicted octanol–water partition coefficient (Wildman–Crippen LogP) is 5.27. The number of benzene rings is 2. The maximum absolute atomic E-state index is 13.7. The van der Waals surface area contributed by atoms with Crippen LogP contribution < -0.4 is 0 Å². The molecule has 100 valence electrons. The van der Waals surface area contributed by atoms with E-state index in [1.807, 2.05) is 32.0 Å². The van der Waals surface area contributed by atoms with Crippen LogP contribution in [0.2, 0.25) is 5.02 Å². The fourth-order valence-electron chi connectivity index (χ4n) is 2.20. The minimum absolute atomic E-state index is 0.0556. The Morgan fingerprint density at radius 1 is 1.11 bits per heavy atom. The van der Waals surface area contributed by atoms with E-state index >= 15 is 0 Å². The molecule has 2 rings (SSSR count). The molecule has 0 saturated heterocycles. The van der Waals surface area contributed by atoms with Gasteiger partial charge in [-0.3, -0.25) is 0 Å². The van der Waals surface area contributed by atoms with Gasteiger partial charge in [-0.2, -0.15) is 0 Å². The van der Waals surface area contributed by atoms with Crippen molar-refractivity contribution in [3.63, 3.8) is 0 Å². The number of rotatable bonds is 3. The predicted molar refractivity (Wildman–Crippen MR) is 74.7 cm³/mol. The third-order valence-electron chi connectivity index (χ3n) is 3.22. The maximum Gasteiger partial charge on any atom is 0.129 e. The molecule has 0 aliphatic rings. The second-order valence-electron chi connectivity index (χ2n) is 4.87. The fourth-order valence-corrected chi connectivity index (χ4v) is 2.40. The molecule has 0 amide bonds. The van der Waals surface area contributed by atoms with Crippen molar-refractivity contribution < 1.29 is 8.78 Å². The molecule has 2 aromatic carbocycles. The molecule has 0 aliphatic heterocycles. The molecule has 0 aromatic heterocycles. The summed E-state index contributed by atoms with van der Waals surface area (Å²) in [6, 6.07) is 9.49. The normalized spacial score (nSPS) is 12.5. The van der Waals surface area contributed by atoms with Crippen molar-refractivity contribution in [3.05, 3.63) is 69.7 Å². The van der Waals surface area contributed by atoms with Gasteiger partial charge >= 0.3 is 0 Å². The second kappa shape index (κ2) is 5.70. The van der Waals surface area contributed by atoms with Crippen molar-refractivity contribution in [1.29, 1.82) is 0 Å². The van der Waals surface area contributed by atoms with E-state index in [9.17, 15) is 8.78 Å². The molecule has 0 N–H and O–H groups in total. The smallest absolute Gasteiger partial charge is 0.129 e. The van der Waals surface area contributed by atoms with E-state index in [-0.39, 0.29) is 5.92 Å². The minimum atomic E-state index is -0.554. The molecule has 1 unspecified atom stereocenters. The highest BCUT2D eigenvalue weighted by Gasteiger charge is 2.14. The SMILES string of the molecule is Cc1ccc(Cl)c(CC(C)c2ccc(F)cc2F)c1. The lowest BCUT2D eigenvalue weighted by Crippen LogP contribution is -2.02. The van der Waals surface area contributed by atoms with Gasteiger partial charge in [-0.05, 0) is 42.5 Å². The van der Waals surface area contributed by atoms with Gasteiger partial charge in [-0.25, -0.2) is 8.78 Å². The molecule has 0 fully saturated rings. The van der Waals surface area contributed by atoms with Crippen LogP contribution in [0, 0.1) is 18.6 Å². The molecule has 0 spiro atoms. The average molecular weight is 281 g/mol. The van der Waals surface area contributed by atoms with Crippen molar-refractivity contribution in [2.45, 2.75) is 26.2 Å². The summed E-state index contributed by atoms with van der Waals surface area (Å²) in [5.41, 5.74) is 2.61. The van der Waals surface area contributed by atoms with Gasteiger partial charge in [0.2, 0.25) is 0 Å². The summed E-state index contributed by atoms with van der Waals surface area (Å²) < 4.78 is 26.6. The molecular formula is C16H15ClF2.